The van der Waals surface area contributed by atoms with E-state index >= 15 is 0 Å². The van der Waals surface area contributed by atoms with Crippen LogP contribution in [-0.2, 0) is 6.54 Å². The van der Waals surface area contributed by atoms with Crippen LogP contribution in [0.5, 0.6) is 5.75 Å². The van der Waals surface area contributed by atoms with Gasteiger partial charge in [-0.2, -0.15) is 5.10 Å². The molecular weight excluding hydrogens is 312 g/mol. The second-order valence-corrected chi connectivity index (χ2v) is 5.52. The van der Waals surface area contributed by atoms with Crippen LogP contribution in [0, 0.1) is 0 Å². The number of nitrogens with two attached hydrogens (primary N) is 1. The minimum Gasteiger partial charge on any atom is -0.492 e. The Hall–Kier alpha value is -2.87. The number of hydrazone groups is 1. The van der Waals surface area contributed by atoms with E-state index in [4.69, 9.17) is 10.5 Å². The molecule has 3 aromatic rings. The SMILES string of the molecule is Nc1csc(NN=Cc2ccc(OCCn3ccnc3)cc2)n1. The monoisotopic (exact) mass is 328 g/mol. The van der Waals surface area contributed by atoms with Gasteiger partial charge < -0.3 is 15.0 Å². The first-order valence-corrected chi connectivity index (χ1v) is 7.86. The summed E-state index contributed by atoms with van der Waals surface area (Å²) in [5.41, 5.74) is 9.33. The summed E-state index contributed by atoms with van der Waals surface area (Å²) in [6, 6.07) is 7.70. The van der Waals surface area contributed by atoms with Crippen LogP contribution in [0.15, 0.2) is 53.5 Å². The van der Waals surface area contributed by atoms with E-state index < -0.39 is 0 Å². The molecule has 0 radical (unpaired) electrons. The quantitative estimate of drug-likeness (QED) is 0.513. The minimum absolute atomic E-state index is 0.491. The molecule has 0 bridgehead atoms. The Morgan fingerprint density at radius 3 is 2.91 bits per heavy atom. The zero-order valence-electron chi connectivity index (χ0n) is 12.3. The predicted molar refractivity (Wildman–Crippen MR) is 91.9 cm³/mol. The maximum Gasteiger partial charge on any atom is 0.205 e. The summed E-state index contributed by atoms with van der Waals surface area (Å²) in [5, 5.41) is 6.54. The maximum absolute atomic E-state index is 5.68. The molecule has 0 aliphatic carbocycles. The minimum atomic E-state index is 0.491. The Morgan fingerprint density at radius 1 is 1.35 bits per heavy atom. The summed E-state index contributed by atoms with van der Waals surface area (Å²) in [6.07, 6.45) is 7.15. The van der Waals surface area contributed by atoms with Crippen molar-refractivity contribution in [1.82, 2.24) is 14.5 Å². The number of benzene rings is 1. The van der Waals surface area contributed by atoms with Gasteiger partial charge in [0, 0.05) is 17.8 Å². The van der Waals surface area contributed by atoms with Gasteiger partial charge in [-0.05, 0) is 29.8 Å². The smallest absolute Gasteiger partial charge is 0.205 e. The van der Waals surface area contributed by atoms with Crippen LogP contribution in [0.1, 0.15) is 5.56 Å². The maximum atomic E-state index is 5.68. The fraction of sp³-hybridized carbons (Fsp3) is 0.133. The standard InChI is InChI=1S/C15H16N6OS/c16-14-10-23-15(19-14)20-18-9-12-1-3-13(4-2-12)22-8-7-21-6-5-17-11-21/h1-6,9-11H,7-8,16H2,(H,19,20). The molecule has 23 heavy (non-hydrogen) atoms. The van der Waals surface area contributed by atoms with Gasteiger partial charge in [0.05, 0.1) is 19.1 Å². The first kappa shape index (κ1) is 15.0. The Kier molecular flexibility index (Phi) is 4.85. The number of hydrogen-bond acceptors (Lipinski definition) is 7. The van der Waals surface area contributed by atoms with Crippen molar-refractivity contribution in [1.29, 1.82) is 0 Å². The fourth-order valence-corrected chi connectivity index (χ4v) is 2.39. The topological polar surface area (TPSA) is 90.3 Å². The highest BCUT2D eigenvalue weighted by Crippen LogP contribution is 2.16. The van der Waals surface area contributed by atoms with Gasteiger partial charge in [-0.15, -0.1) is 11.3 Å². The van der Waals surface area contributed by atoms with Crippen LogP contribution in [-0.4, -0.2) is 27.4 Å². The molecule has 0 saturated carbocycles. The molecule has 8 heteroatoms. The van der Waals surface area contributed by atoms with E-state index in [2.05, 4.69) is 20.5 Å². The van der Waals surface area contributed by atoms with E-state index in [1.165, 1.54) is 11.3 Å². The number of aromatic nitrogens is 3. The lowest BCUT2D eigenvalue weighted by atomic mass is 10.2. The second kappa shape index (κ2) is 7.41. The van der Waals surface area contributed by atoms with Gasteiger partial charge in [-0.25, -0.2) is 9.97 Å². The average molecular weight is 328 g/mol. The van der Waals surface area contributed by atoms with Gasteiger partial charge in [-0.3, -0.25) is 5.43 Å². The number of rotatable bonds is 7. The molecular formula is C15H16N6OS. The molecule has 1 aromatic carbocycles. The van der Waals surface area contributed by atoms with Crippen molar-refractivity contribution in [3.8, 4) is 5.75 Å². The van der Waals surface area contributed by atoms with E-state index in [-0.39, 0.29) is 0 Å². The van der Waals surface area contributed by atoms with Gasteiger partial charge in [-0.1, -0.05) is 0 Å². The summed E-state index contributed by atoms with van der Waals surface area (Å²) in [6.45, 7) is 1.36. The van der Waals surface area contributed by atoms with E-state index in [0.29, 0.717) is 17.6 Å². The lowest BCUT2D eigenvalue weighted by molar-refractivity contribution is 0.298. The molecule has 0 fully saturated rings. The Bertz CT molecular complexity index is 751. The molecule has 0 amide bonds. The fourth-order valence-electron chi connectivity index (χ4n) is 1.84. The number of thiazole rings is 1. The first-order valence-electron chi connectivity index (χ1n) is 6.98. The zero-order valence-corrected chi connectivity index (χ0v) is 13.1. The molecule has 0 aliphatic rings. The van der Waals surface area contributed by atoms with Crippen molar-refractivity contribution in [2.24, 2.45) is 5.10 Å². The third-order valence-corrected chi connectivity index (χ3v) is 3.72. The van der Waals surface area contributed by atoms with E-state index in [1.807, 2.05) is 35.0 Å². The molecule has 0 aliphatic heterocycles. The molecule has 118 valence electrons. The van der Waals surface area contributed by atoms with Gasteiger partial charge >= 0.3 is 0 Å². The number of anilines is 2. The molecule has 0 unspecified atom stereocenters. The summed E-state index contributed by atoms with van der Waals surface area (Å²) < 4.78 is 7.65. The van der Waals surface area contributed by atoms with Crippen molar-refractivity contribution in [3.63, 3.8) is 0 Å². The lowest BCUT2D eigenvalue weighted by Gasteiger charge is -2.06. The van der Waals surface area contributed by atoms with Crippen molar-refractivity contribution in [2.45, 2.75) is 6.54 Å². The third kappa shape index (κ3) is 4.55. The third-order valence-electron chi connectivity index (χ3n) is 2.95. The molecule has 2 aromatic heterocycles. The van der Waals surface area contributed by atoms with Crippen LogP contribution < -0.4 is 15.9 Å². The number of nitrogens with zero attached hydrogens (tertiary/aromatic N) is 4. The highest BCUT2D eigenvalue weighted by atomic mass is 32.1. The molecule has 0 saturated heterocycles. The molecule has 2 heterocycles. The highest BCUT2D eigenvalue weighted by molar-refractivity contribution is 7.14. The number of ether oxygens (including phenoxy) is 1. The van der Waals surface area contributed by atoms with Crippen LogP contribution in [0.2, 0.25) is 0 Å². The Labute approximate surface area is 137 Å². The van der Waals surface area contributed by atoms with Crippen LogP contribution in [0.3, 0.4) is 0 Å². The van der Waals surface area contributed by atoms with Crippen molar-refractivity contribution in [3.05, 3.63) is 53.9 Å². The summed E-state index contributed by atoms with van der Waals surface area (Å²) >= 11 is 1.41. The molecule has 0 atom stereocenters. The van der Waals surface area contributed by atoms with Crippen LogP contribution in [0.25, 0.3) is 0 Å². The van der Waals surface area contributed by atoms with Gasteiger partial charge in [0.1, 0.15) is 18.2 Å². The summed E-state index contributed by atoms with van der Waals surface area (Å²) in [5.74, 6) is 1.31. The molecule has 7 nitrogen and oxygen atoms in total. The van der Waals surface area contributed by atoms with Gasteiger partial charge in [0.15, 0.2) is 0 Å². The van der Waals surface area contributed by atoms with Crippen molar-refractivity contribution >= 4 is 28.5 Å². The highest BCUT2D eigenvalue weighted by Gasteiger charge is 1.97. The van der Waals surface area contributed by atoms with Crippen LogP contribution in [0.4, 0.5) is 10.9 Å². The van der Waals surface area contributed by atoms with E-state index in [9.17, 15) is 0 Å². The number of hydrogen-bond donors (Lipinski definition) is 2. The van der Waals surface area contributed by atoms with Gasteiger partial charge in [0.2, 0.25) is 5.13 Å². The summed E-state index contributed by atoms with van der Waals surface area (Å²) in [7, 11) is 0. The molecule has 0 spiro atoms. The average Bonchev–Trinajstić information content (AvgIpc) is 3.21. The molecule has 3 rings (SSSR count). The predicted octanol–water partition coefficient (Wildman–Crippen LogP) is 2.45. The first-order chi connectivity index (χ1) is 11.3. The van der Waals surface area contributed by atoms with Gasteiger partial charge in [0.25, 0.3) is 0 Å². The largest absolute Gasteiger partial charge is 0.492 e. The zero-order chi connectivity index (χ0) is 15.9. The number of imidazole rings is 1. The lowest BCUT2D eigenvalue weighted by Crippen LogP contribution is -2.06. The number of nitrogens with one attached hydrogen (secondary N) is 1. The summed E-state index contributed by atoms with van der Waals surface area (Å²) in [4.78, 5) is 8.04. The molecule has 3 N–H and O–H groups in total. The van der Waals surface area contributed by atoms with Crippen LogP contribution >= 0.6 is 11.3 Å². The van der Waals surface area contributed by atoms with E-state index in [1.54, 1.807) is 24.1 Å². The van der Waals surface area contributed by atoms with Crippen molar-refractivity contribution < 1.29 is 4.74 Å². The normalized spacial score (nSPS) is 11.0. The Morgan fingerprint density at radius 2 is 2.22 bits per heavy atom. The Balaban J connectivity index is 1.46. The van der Waals surface area contributed by atoms with Crippen molar-refractivity contribution in [2.75, 3.05) is 17.8 Å². The second-order valence-electron chi connectivity index (χ2n) is 4.67. The number of nitrogen functional groups attached to an aromatic ring is 1. The van der Waals surface area contributed by atoms with E-state index in [0.717, 1.165) is 17.9 Å².